The summed E-state index contributed by atoms with van der Waals surface area (Å²) in [4.78, 5) is 11.9. The predicted molar refractivity (Wildman–Crippen MR) is 87.7 cm³/mol. The standard InChI is InChI=1S/C14H14ClF3N4O2S/c15-10-3-1-9(2-4-10)12-20-21-13(25)22(12)7-11(23)19-5-6-24-8-14(16,17)18/h1-4H,5-8H2,(H,19,23)(H,21,25). The van der Waals surface area contributed by atoms with Gasteiger partial charge in [-0.1, -0.05) is 11.6 Å². The van der Waals surface area contributed by atoms with Crippen molar-refractivity contribution in [1.29, 1.82) is 0 Å². The van der Waals surface area contributed by atoms with Gasteiger partial charge in [-0.2, -0.15) is 18.3 Å². The highest BCUT2D eigenvalue weighted by atomic mass is 35.5. The first kappa shape index (κ1) is 19.4. The number of alkyl halides is 3. The van der Waals surface area contributed by atoms with Gasteiger partial charge >= 0.3 is 6.18 Å². The zero-order chi connectivity index (χ0) is 18.4. The minimum absolute atomic E-state index is 0.0453. The highest BCUT2D eigenvalue weighted by molar-refractivity contribution is 7.71. The van der Waals surface area contributed by atoms with Crippen molar-refractivity contribution in [2.45, 2.75) is 12.7 Å². The van der Waals surface area contributed by atoms with Crippen molar-refractivity contribution >= 4 is 29.7 Å². The summed E-state index contributed by atoms with van der Waals surface area (Å²) in [5, 5.41) is 9.70. The van der Waals surface area contributed by atoms with Crippen LogP contribution in [0.4, 0.5) is 13.2 Å². The number of benzene rings is 1. The Kier molecular flexibility index (Phi) is 6.57. The topological polar surface area (TPSA) is 71.9 Å². The summed E-state index contributed by atoms with van der Waals surface area (Å²) in [6.45, 7) is -1.77. The quantitative estimate of drug-likeness (QED) is 0.559. The molecule has 1 aromatic heterocycles. The van der Waals surface area contributed by atoms with Gasteiger partial charge in [0.2, 0.25) is 5.91 Å². The van der Waals surface area contributed by atoms with Gasteiger partial charge in [-0.25, -0.2) is 0 Å². The van der Waals surface area contributed by atoms with E-state index in [2.05, 4.69) is 20.3 Å². The van der Waals surface area contributed by atoms with Crippen molar-refractivity contribution in [2.24, 2.45) is 0 Å². The number of aromatic nitrogens is 3. The molecule has 136 valence electrons. The fourth-order valence-electron chi connectivity index (χ4n) is 1.93. The van der Waals surface area contributed by atoms with Crippen LogP contribution in [0.5, 0.6) is 0 Å². The first-order valence-electron chi connectivity index (χ1n) is 7.08. The van der Waals surface area contributed by atoms with Gasteiger partial charge in [0.15, 0.2) is 10.6 Å². The van der Waals surface area contributed by atoms with Gasteiger partial charge in [0.25, 0.3) is 0 Å². The number of aromatic amines is 1. The van der Waals surface area contributed by atoms with Crippen LogP contribution in [-0.2, 0) is 16.1 Å². The van der Waals surface area contributed by atoms with E-state index in [0.717, 1.165) is 0 Å². The number of ether oxygens (including phenoxy) is 1. The van der Waals surface area contributed by atoms with Crippen LogP contribution in [0.2, 0.25) is 5.02 Å². The van der Waals surface area contributed by atoms with E-state index < -0.39 is 18.7 Å². The number of rotatable bonds is 7. The Morgan fingerprint density at radius 2 is 2.04 bits per heavy atom. The monoisotopic (exact) mass is 394 g/mol. The number of carbonyl (C=O) groups is 1. The number of halogens is 4. The smallest absolute Gasteiger partial charge is 0.370 e. The van der Waals surface area contributed by atoms with E-state index >= 15 is 0 Å². The Bertz CT molecular complexity index is 774. The van der Waals surface area contributed by atoms with Gasteiger partial charge in [-0.05, 0) is 36.5 Å². The molecule has 25 heavy (non-hydrogen) atoms. The number of nitrogens with zero attached hydrogens (tertiary/aromatic N) is 2. The molecule has 0 atom stereocenters. The van der Waals surface area contributed by atoms with Crippen LogP contribution in [0.25, 0.3) is 11.4 Å². The van der Waals surface area contributed by atoms with Gasteiger partial charge in [-0.3, -0.25) is 14.5 Å². The first-order valence-corrected chi connectivity index (χ1v) is 7.87. The van der Waals surface area contributed by atoms with Gasteiger partial charge in [0.1, 0.15) is 13.2 Å². The van der Waals surface area contributed by atoms with E-state index in [0.29, 0.717) is 16.4 Å². The molecule has 0 fully saturated rings. The normalized spacial score (nSPS) is 11.5. The lowest BCUT2D eigenvalue weighted by atomic mass is 10.2. The number of H-pyrrole nitrogens is 1. The number of hydrogen-bond acceptors (Lipinski definition) is 4. The average Bonchev–Trinajstić information content (AvgIpc) is 2.88. The molecule has 0 unspecified atom stereocenters. The largest absolute Gasteiger partial charge is 0.411 e. The molecule has 0 radical (unpaired) electrons. The zero-order valence-electron chi connectivity index (χ0n) is 12.8. The fourth-order valence-corrected chi connectivity index (χ4v) is 2.26. The molecule has 1 heterocycles. The molecule has 6 nitrogen and oxygen atoms in total. The van der Waals surface area contributed by atoms with Crippen molar-refractivity contribution in [3.8, 4) is 11.4 Å². The summed E-state index contributed by atoms with van der Waals surface area (Å²) < 4.78 is 41.9. The van der Waals surface area contributed by atoms with Crippen molar-refractivity contribution in [3.63, 3.8) is 0 Å². The molecule has 0 saturated carbocycles. The summed E-state index contributed by atoms with van der Waals surface area (Å²) in [7, 11) is 0. The van der Waals surface area contributed by atoms with Gasteiger partial charge in [0.05, 0.1) is 6.61 Å². The Balaban J connectivity index is 1.92. The van der Waals surface area contributed by atoms with Gasteiger partial charge in [-0.15, -0.1) is 0 Å². The third-order valence-electron chi connectivity index (χ3n) is 3.00. The van der Waals surface area contributed by atoms with E-state index in [-0.39, 0.29) is 24.5 Å². The molecule has 1 amide bonds. The molecular weight excluding hydrogens is 381 g/mol. The summed E-state index contributed by atoms with van der Waals surface area (Å²) in [6.07, 6.45) is -4.39. The van der Waals surface area contributed by atoms with Crippen LogP contribution in [-0.4, -0.2) is 46.6 Å². The minimum Gasteiger partial charge on any atom is -0.370 e. The highest BCUT2D eigenvalue weighted by Gasteiger charge is 2.27. The van der Waals surface area contributed by atoms with E-state index in [1.54, 1.807) is 24.3 Å². The molecule has 2 aromatic rings. The molecule has 0 aliphatic heterocycles. The summed E-state index contributed by atoms with van der Waals surface area (Å²) in [5.41, 5.74) is 0.707. The van der Waals surface area contributed by atoms with Gasteiger partial charge in [0, 0.05) is 17.1 Å². The van der Waals surface area contributed by atoms with E-state index in [1.807, 2.05) is 0 Å². The molecule has 2 rings (SSSR count). The molecule has 2 N–H and O–H groups in total. The number of hydrogen-bond donors (Lipinski definition) is 2. The molecule has 0 aliphatic carbocycles. The Hall–Kier alpha value is -1.91. The van der Waals surface area contributed by atoms with Crippen LogP contribution in [0, 0.1) is 4.77 Å². The molecular formula is C14H14ClF3N4O2S. The third-order valence-corrected chi connectivity index (χ3v) is 3.56. The van der Waals surface area contributed by atoms with Crippen molar-refractivity contribution in [3.05, 3.63) is 34.1 Å². The maximum absolute atomic E-state index is 11.9. The van der Waals surface area contributed by atoms with Crippen LogP contribution < -0.4 is 5.32 Å². The van der Waals surface area contributed by atoms with E-state index in [9.17, 15) is 18.0 Å². The van der Waals surface area contributed by atoms with E-state index in [4.69, 9.17) is 23.8 Å². The molecule has 0 aliphatic rings. The second-order valence-corrected chi connectivity index (χ2v) is 5.79. The van der Waals surface area contributed by atoms with E-state index in [1.165, 1.54) is 4.57 Å². The molecule has 11 heteroatoms. The Morgan fingerprint density at radius 1 is 1.36 bits per heavy atom. The molecule has 0 saturated heterocycles. The summed E-state index contributed by atoms with van der Waals surface area (Å²) in [6, 6.07) is 6.81. The van der Waals surface area contributed by atoms with Crippen molar-refractivity contribution < 1.29 is 22.7 Å². The second kappa shape index (κ2) is 8.45. The van der Waals surface area contributed by atoms with Crippen LogP contribution in [0.15, 0.2) is 24.3 Å². The highest BCUT2D eigenvalue weighted by Crippen LogP contribution is 2.19. The molecule has 1 aromatic carbocycles. The molecule has 0 spiro atoms. The lowest BCUT2D eigenvalue weighted by Crippen LogP contribution is -2.31. The Labute approximate surface area is 150 Å². The predicted octanol–water partition coefficient (Wildman–Crippen LogP) is 2.96. The molecule has 0 bridgehead atoms. The van der Waals surface area contributed by atoms with Gasteiger partial charge < -0.3 is 10.1 Å². The lowest BCUT2D eigenvalue weighted by molar-refractivity contribution is -0.173. The van der Waals surface area contributed by atoms with Crippen molar-refractivity contribution in [1.82, 2.24) is 20.1 Å². The first-order chi connectivity index (χ1) is 11.8. The summed E-state index contributed by atoms with van der Waals surface area (Å²) in [5.74, 6) is 0.0217. The van der Waals surface area contributed by atoms with Crippen LogP contribution in [0.1, 0.15) is 0 Å². The van der Waals surface area contributed by atoms with Crippen molar-refractivity contribution in [2.75, 3.05) is 19.8 Å². The lowest BCUT2D eigenvalue weighted by Gasteiger charge is -2.10. The average molecular weight is 395 g/mol. The zero-order valence-corrected chi connectivity index (χ0v) is 14.3. The Morgan fingerprint density at radius 3 is 2.68 bits per heavy atom. The number of amides is 1. The third kappa shape index (κ3) is 6.15. The van der Waals surface area contributed by atoms with Crippen LogP contribution >= 0.6 is 23.8 Å². The number of nitrogens with one attached hydrogen (secondary N) is 2. The summed E-state index contributed by atoms with van der Waals surface area (Å²) >= 11 is 10.9. The minimum atomic E-state index is -4.39. The number of carbonyl (C=O) groups excluding carboxylic acids is 1. The van der Waals surface area contributed by atoms with Crippen LogP contribution in [0.3, 0.4) is 0 Å². The fraction of sp³-hybridized carbons (Fsp3) is 0.357. The maximum atomic E-state index is 11.9. The maximum Gasteiger partial charge on any atom is 0.411 e. The second-order valence-electron chi connectivity index (χ2n) is 4.96. The SMILES string of the molecule is O=C(Cn1c(-c2ccc(Cl)cc2)n[nH]c1=S)NCCOCC(F)(F)F.